The van der Waals surface area contributed by atoms with Crippen molar-refractivity contribution in [2.24, 2.45) is 0 Å². The van der Waals surface area contributed by atoms with Gasteiger partial charge in [-0.1, -0.05) is 6.92 Å². The molecule has 1 unspecified atom stereocenters. The van der Waals surface area contributed by atoms with Crippen LogP contribution in [0.2, 0.25) is 0 Å². The van der Waals surface area contributed by atoms with E-state index in [2.05, 4.69) is 22.6 Å². The molecule has 0 radical (unpaired) electrons. The molecule has 0 aromatic heterocycles. The van der Waals surface area contributed by atoms with Crippen molar-refractivity contribution in [3.05, 3.63) is 27.3 Å². The number of ether oxygens (including phenoxy) is 1. The van der Waals surface area contributed by atoms with Gasteiger partial charge in [0.1, 0.15) is 5.75 Å². The van der Waals surface area contributed by atoms with E-state index >= 15 is 0 Å². The number of hydrogen-bond acceptors (Lipinski definition) is 2. The Morgan fingerprint density at radius 1 is 1.60 bits per heavy atom. The third-order valence-corrected chi connectivity index (χ3v) is 2.97. The van der Waals surface area contributed by atoms with Gasteiger partial charge < -0.3 is 9.84 Å². The van der Waals surface area contributed by atoms with E-state index in [1.807, 2.05) is 13.8 Å². The number of carbonyl (C=O) groups is 1. The minimum absolute atomic E-state index is 0.0996. The first kappa shape index (κ1) is 12.3. The Bertz CT molecular complexity index is 363. The molecule has 0 fully saturated rings. The lowest BCUT2D eigenvalue weighted by Gasteiger charge is -2.14. The molecule has 15 heavy (non-hydrogen) atoms. The lowest BCUT2D eigenvalue weighted by atomic mass is 10.2. The fourth-order valence-corrected chi connectivity index (χ4v) is 1.49. The van der Waals surface area contributed by atoms with Crippen LogP contribution in [0.25, 0.3) is 0 Å². The molecule has 3 nitrogen and oxygen atoms in total. The second-order valence-corrected chi connectivity index (χ2v) is 4.45. The van der Waals surface area contributed by atoms with E-state index in [4.69, 9.17) is 9.84 Å². The standard InChI is InChI=1S/C11H13IO3/c1-3-7(2)15-10-6-8(11(13)14)4-5-9(10)12/h4-7H,3H2,1-2H3,(H,13,14). The molecule has 0 saturated carbocycles. The number of carboxylic acids is 1. The lowest BCUT2D eigenvalue weighted by molar-refractivity contribution is 0.0696. The van der Waals surface area contributed by atoms with Gasteiger partial charge in [-0.25, -0.2) is 4.79 Å². The second-order valence-electron chi connectivity index (χ2n) is 3.29. The van der Waals surface area contributed by atoms with Crippen molar-refractivity contribution in [1.29, 1.82) is 0 Å². The van der Waals surface area contributed by atoms with Gasteiger partial charge in [-0.3, -0.25) is 0 Å². The van der Waals surface area contributed by atoms with Gasteiger partial charge in [-0.15, -0.1) is 0 Å². The highest BCUT2D eigenvalue weighted by atomic mass is 127. The molecule has 0 heterocycles. The van der Waals surface area contributed by atoms with Gasteiger partial charge >= 0.3 is 5.97 Å². The molecule has 1 N–H and O–H groups in total. The predicted molar refractivity (Wildman–Crippen MR) is 66.5 cm³/mol. The number of carboxylic acid groups (broad SMARTS) is 1. The summed E-state index contributed by atoms with van der Waals surface area (Å²) < 4.78 is 6.54. The van der Waals surface area contributed by atoms with Crippen LogP contribution >= 0.6 is 22.6 Å². The SMILES string of the molecule is CCC(C)Oc1cc(C(=O)O)ccc1I. The molecule has 0 aliphatic rings. The van der Waals surface area contributed by atoms with Crippen molar-refractivity contribution in [3.8, 4) is 5.75 Å². The zero-order valence-corrected chi connectivity index (χ0v) is 10.8. The van der Waals surface area contributed by atoms with E-state index in [9.17, 15) is 4.79 Å². The van der Waals surface area contributed by atoms with Crippen LogP contribution in [0.5, 0.6) is 5.75 Å². The van der Waals surface area contributed by atoms with Crippen molar-refractivity contribution in [1.82, 2.24) is 0 Å². The molecule has 4 heteroatoms. The van der Waals surface area contributed by atoms with Crippen molar-refractivity contribution in [2.45, 2.75) is 26.4 Å². The maximum Gasteiger partial charge on any atom is 0.335 e. The van der Waals surface area contributed by atoms with Crippen LogP contribution in [0.1, 0.15) is 30.6 Å². The van der Waals surface area contributed by atoms with Gasteiger partial charge in [0.25, 0.3) is 0 Å². The first-order valence-electron chi connectivity index (χ1n) is 4.74. The highest BCUT2D eigenvalue weighted by Gasteiger charge is 2.09. The average Bonchev–Trinajstić information content (AvgIpc) is 2.20. The van der Waals surface area contributed by atoms with Gasteiger partial charge in [-0.05, 0) is 54.1 Å². The molecule has 0 aliphatic carbocycles. The zero-order valence-electron chi connectivity index (χ0n) is 8.66. The molecular formula is C11H13IO3. The van der Waals surface area contributed by atoms with E-state index in [0.717, 1.165) is 9.99 Å². The molecule has 0 amide bonds. The fourth-order valence-electron chi connectivity index (χ4n) is 1.03. The molecule has 1 aromatic carbocycles. The van der Waals surface area contributed by atoms with Crippen LogP contribution in [0.4, 0.5) is 0 Å². The van der Waals surface area contributed by atoms with Crippen molar-refractivity contribution >= 4 is 28.6 Å². The quantitative estimate of drug-likeness (QED) is 0.867. The molecule has 1 atom stereocenters. The number of aromatic carboxylic acids is 1. The monoisotopic (exact) mass is 320 g/mol. The summed E-state index contributed by atoms with van der Waals surface area (Å²) in [6, 6.07) is 4.89. The van der Waals surface area contributed by atoms with E-state index in [-0.39, 0.29) is 11.7 Å². The number of benzene rings is 1. The summed E-state index contributed by atoms with van der Waals surface area (Å²) in [4.78, 5) is 10.8. The maximum absolute atomic E-state index is 10.8. The molecule has 0 saturated heterocycles. The predicted octanol–water partition coefficient (Wildman–Crippen LogP) is 3.17. The summed E-state index contributed by atoms with van der Waals surface area (Å²) in [7, 11) is 0. The van der Waals surface area contributed by atoms with Gasteiger partial charge in [0.05, 0.1) is 15.2 Å². The summed E-state index contributed by atoms with van der Waals surface area (Å²) in [6.45, 7) is 3.99. The fraction of sp³-hybridized carbons (Fsp3) is 0.364. The largest absolute Gasteiger partial charge is 0.490 e. The van der Waals surface area contributed by atoms with Crippen molar-refractivity contribution in [3.63, 3.8) is 0 Å². The Balaban J connectivity index is 2.95. The van der Waals surface area contributed by atoms with Crippen LogP contribution in [-0.4, -0.2) is 17.2 Å². The first-order valence-corrected chi connectivity index (χ1v) is 5.82. The Kier molecular flexibility index (Phi) is 4.38. The molecule has 0 aliphatic heterocycles. The van der Waals surface area contributed by atoms with Crippen LogP contribution in [-0.2, 0) is 0 Å². The van der Waals surface area contributed by atoms with E-state index in [0.29, 0.717) is 5.75 Å². The summed E-state index contributed by atoms with van der Waals surface area (Å²) in [5.74, 6) is -0.287. The Morgan fingerprint density at radius 3 is 2.80 bits per heavy atom. The van der Waals surface area contributed by atoms with Crippen LogP contribution in [0.15, 0.2) is 18.2 Å². The van der Waals surface area contributed by atoms with Gasteiger partial charge in [0, 0.05) is 0 Å². The minimum atomic E-state index is -0.930. The number of hydrogen-bond donors (Lipinski definition) is 1. The molecule has 1 aromatic rings. The third kappa shape index (κ3) is 3.37. The van der Waals surface area contributed by atoms with Crippen LogP contribution < -0.4 is 4.74 Å². The van der Waals surface area contributed by atoms with Crippen LogP contribution in [0.3, 0.4) is 0 Å². The Hall–Kier alpha value is -0.780. The molecular weight excluding hydrogens is 307 g/mol. The summed E-state index contributed by atoms with van der Waals surface area (Å²) in [5.41, 5.74) is 0.258. The Labute approximate surface area is 103 Å². The van der Waals surface area contributed by atoms with Gasteiger partial charge in [-0.2, -0.15) is 0 Å². The second kappa shape index (κ2) is 5.34. The van der Waals surface area contributed by atoms with E-state index in [1.54, 1.807) is 18.2 Å². The third-order valence-electron chi connectivity index (χ3n) is 2.08. The van der Waals surface area contributed by atoms with Crippen LogP contribution in [0, 0.1) is 3.57 Å². The Morgan fingerprint density at radius 2 is 2.27 bits per heavy atom. The lowest BCUT2D eigenvalue weighted by Crippen LogP contribution is -2.11. The number of rotatable bonds is 4. The summed E-state index contributed by atoms with van der Waals surface area (Å²) in [6.07, 6.45) is 0.996. The van der Waals surface area contributed by atoms with Crippen molar-refractivity contribution < 1.29 is 14.6 Å². The van der Waals surface area contributed by atoms with E-state index in [1.165, 1.54) is 0 Å². The zero-order chi connectivity index (χ0) is 11.4. The summed E-state index contributed by atoms with van der Waals surface area (Å²) in [5, 5.41) is 8.83. The van der Waals surface area contributed by atoms with Gasteiger partial charge in [0.2, 0.25) is 0 Å². The maximum atomic E-state index is 10.8. The summed E-state index contributed by atoms with van der Waals surface area (Å²) >= 11 is 2.13. The smallest absolute Gasteiger partial charge is 0.335 e. The topological polar surface area (TPSA) is 46.5 Å². The highest BCUT2D eigenvalue weighted by Crippen LogP contribution is 2.23. The van der Waals surface area contributed by atoms with E-state index < -0.39 is 5.97 Å². The first-order chi connectivity index (χ1) is 7.04. The molecule has 0 bridgehead atoms. The average molecular weight is 320 g/mol. The molecule has 1 rings (SSSR count). The van der Waals surface area contributed by atoms with Gasteiger partial charge in [0.15, 0.2) is 0 Å². The molecule has 82 valence electrons. The highest BCUT2D eigenvalue weighted by molar-refractivity contribution is 14.1. The number of halogens is 1. The minimum Gasteiger partial charge on any atom is -0.490 e. The normalized spacial score (nSPS) is 12.2. The molecule has 0 spiro atoms. The van der Waals surface area contributed by atoms with Crippen molar-refractivity contribution in [2.75, 3.05) is 0 Å².